The number of aromatic nitrogens is 1. The molecule has 0 spiro atoms. The maximum atomic E-state index is 13.7. The summed E-state index contributed by atoms with van der Waals surface area (Å²) in [7, 11) is 1.28. The molecule has 0 bridgehead atoms. The Morgan fingerprint density at radius 2 is 1.33 bits per heavy atom. The lowest BCUT2D eigenvalue weighted by Crippen LogP contribution is -2.41. The van der Waals surface area contributed by atoms with Crippen molar-refractivity contribution in [2.45, 2.75) is 30.7 Å². The minimum absolute atomic E-state index is 0.0276. The average molecular weight is 626 g/mol. The van der Waals surface area contributed by atoms with Crippen molar-refractivity contribution in [3.63, 3.8) is 0 Å². The molecule has 1 atom stereocenters. The second-order valence-corrected chi connectivity index (χ2v) is 10.2. The molecule has 45 heavy (non-hydrogen) atoms. The summed E-state index contributed by atoms with van der Waals surface area (Å²) in [5.41, 5.74) is -1.83. The summed E-state index contributed by atoms with van der Waals surface area (Å²) in [5.74, 6) is -2.24. The van der Waals surface area contributed by atoms with Crippen LogP contribution in [0.15, 0.2) is 115 Å². The second-order valence-electron chi connectivity index (χ2n) is 10.2. The Morgan fingerprint density at radius 1 is 0.800 bits per heavy atom. The van der Waals surface area contributed by atoms with Crippen molar-refractivity contribution < 1.29 is 35.9 Å². The summed E-state index contributed by atoms with van der Waals surface area (Å²) >= 11 is 0. The van der Waals surface area contributed by atoms with Gasteiger partial charge in [0.1, 0.15) is 0 Å². The third-order valence-corrected chi connectivity index (χ3v) is 7.11. The number of pyridine rings is 1. The second kappa shape index (κ2) is 14.2. The highest BCUT2D eigenvalue weighted by Crippen LogP contribution is 2.37. The van der Waals surface area contributed by atoms with Gasteiger partial charge in [-0.2, -0.15) is 26.3 Å². The topological polar surface area (TPSA) is 62.3 Å². The molecule has 3 aromatic carbocycles. The van der Waals surface area contributed by atoms with Crippen molar-refractivity contribution in [1.82, 2.24) is 15.2 Å². The molecule has 1 aromatic heterocycles. The summed E-state index contributed by atoms with van der Waals surface area (Å²) in [6.45, 7) is 0.255. The molecule has 11 heteroatoms. The van der Waals surface area contributed by atoms with Crippen molar-refractivity contribution >= 4 is 11.8 Å². The number of amides is 2. The third kappa shape index (κ3) is 8.81. The van der Waals surface area contributed by atoms with E-state index in [1.807, 2.05) is 6.07 Å². The highest BCUT2D eigenvalue weighted by molar-refractivity contribution is 5.95. The van der Waals surface area contributed by atoms with Crippen molar-refractivity contribution in [2.75, 3.05) is 13.6 Å². The zero-order valence-electron chi connectivity index (χ0n) is 24.0. The van der Waals surface area contributed by atoms with Gasteiger partial charge in [0.25, 0.3) is 5.91 Å². The smallest absolute Gasteiger partial charge is 0.352 e. The van der Waals surface area contributed by atoms with Gasteiger partial charge in [-0.3, -0.25) is 14.6 Å². The van der Waals surface area contributed by atoms with Gasteiger partial charge in [0, 0.05) is 49.5 Å². The van der Waals surface area contributed by atoms with Gasteiger partial charge < -0.3 is 10.2 Å². The minimum Gasteiger partial charge on any atom is -0.352 e. The molecule has 4 rings (SSSR count). The van der Waals surface area contributed by atoms with E-state index in [9.17, 15) is 35.9 Å². The van der Waals surface area contributed by atoms with Gasteiger partial charge >= 0.3 is 12.4 Å². The fourth-order valence-corrected chi connectivity index (χ4v) is 4.89. The Hall–Kier alpha value is -4.93. The lowest BCUT2D eigenvalue weighted by atomic mass is 9.83. The lowest BCUT2D eigenvalue weighted by molar-refractivity contribution is -0.143. The summed E-state index contributed by atoms with van der Waals surface area (Å²) in [4.78, 5) is 31.8. The maximum absolute atomic E-state index is 13.7. The fraction of sp³-hybridized carbons (Fsp3) is 0.206. The van der Waals surface area contributed by atoms with Crippen LogP contribution in [0.25, 0.3) is 0 Å². The van der Waals surface area contributed by atoms with Gasteiger partial charge in [0.05, 0.1) is 17.2 Å². The van der Waals surface area contributed by atoms with Gasteiger partial charge in [-0.25, -0.2) is 0 Å². The van der Waals surface area contributed by atoms with E-state index in [0.717, 1.165) is 10.6 Å². The third-order valence-electron chi connectivity index (χ3n) is 7.11. The van der Waals surface area contributed by atoms with Crippen LogP contribution in [-0.2, 0) is 23.6 Å². The largest absolute Gasteiger partial charge is 0.416 e. The lowest BCUT2D eigenvalue weighted by Gasteiger charge is -2.34. The van der Waals surface area contributed by atoms with Crippen LogP contribution in [0, 0.1) is 0 Å². The Bertz CT molecular complexity index is 1540. The van der Waals surface area contributed by atoms with Crippen LogP contribution in [-0.4, -0.2) is 41.3 Å². The number of nitrogens with zero attached hydrogens (tertiary/aromatic N) is 2. The number of halogens is 6. The van der Waals surface area contributed by atoms with E-state index in [1.54, 1.807) is 79.0 Å². The first-order valence-electron chi connectivity index (χ1n) is 13.9. The van der Waals surface area contributed by atoms with Crippen LogP contribution in [0.3, 0.4) is 0 Å². The Balaban J connectivity index is 1.73. The molecule has 0 aliphatic carbocycles. The van der Waals surface area contributed by atoms with Crippen LogP contribution < -0.4 is 5.32 Å². The van der Waals surface area contributed by atoms with Gasteiger partial charge in [-0.05, 0) is 41.5 Å². The summed E-state index contributed by atoms with van der Waals surface area (Å²) in [6, 6.07) is 22.9. The molecule has 1 unspecified atom stereocenters. The monoisotopic (exact) mass is 625 g/mol. The van der Waals surface area contributed by atoms with E-state index >= 15 is 0 Å². The van der Waals surface area contributed by atoms with Crippen molar-refractivity contribution in [3.8, 4) is 0 Å². The highest BCUT2D eigenvalue weighted by atomic mass is 19.4. The predicted molar refractivity (Wildman–Crippen MR) is 157 cm³/mol. The van der Waals surface area contributed by atoms with Crippen LogP contribution in [0.4, 0.5) is 26.3 Å². The molecule has 0 radical (unpaired) electrons. The summed E-state index contributed by atoms with van der Waals surface area (Å²) < 4.78 is 81.6. The quantitative estimate of drug-likeness (QED) is 0.149. The summed E-state index contributed by atoms with van der Waals surface area (Å²) in [6.07, 6.45) is -5.54. The molecule has 0 aliphatic rings. The summed E-state index contributed by atoms with van der Waals surface area (Å²) in [5, 5.41) is 2.73. The van der Waals surface area contributed by atoms with E-state index in [2.05, 4.69) is 10.3 Å². The number of carbonyl (C=O) groups excluding carboxylic acids is 2. The molecular weight excluding hydrogens is 596 g/mol. The number of benzene rings is 3. The number of likely N-dealkylation sites (N-methyl/N-ethyl adjacent to an activating group) is 1. The number of nitrogens with one attached hydrogen (secondary N) is 1. The Morgan fingerprint density at radius 3 is 1.82 bits per heavy atom. The molecule has 234 valence electrons. The van der Waals surface area contributed by atoms with Crippen LogP contribution in [0.2, 0.25) is 0 Å². The zero-order chi connectivity index (χ0) is 32.6. The first kappa shape index (κ1) is 33.0. The zero-order valence-corrected chi connectivity index (χ0v) is 24.0. The molecule has 1 heterocycles. The fourth-order valence-electron chi connectivity index (χ4n) is 4.89. The molecule has 0 saturated heterocycles. The van der Waals surface area contributed by atoms with Crippen LogP contribution in [0.1, 0.15) is 44.2 Å². The van der Waals surface area contributed by atoms with E-state index in [4.69, 9.17) is 0 Å². The van der Waals surface area contributed by atoms with Crippen molar-refractivity contribution in [2.24, 2.45) is 0 Å². The number of carbonyl (C=O) groups is 2. The first-order chi connectivity index (χ1) is 21.3. The van der Waals surface area contributed by atoms with Gasteiger partial charge in [-0.15, -0.1) is 0 Å². The SMILES string of the molecule is CN(C(=O)c1cc(C(F)(F)F)cc(C(F)(F)F)c1)C(C=CC(=O)NCCc1ccccn1)C(c1ccccc1)c1ccccc1. The molecule has 0 saturated carbocycles. The number of hydrogen-bond acceptors (Lipinski definition) is 3. The first-order valence-corrected chi connectivity index (χ1v) is 13.9. The Kier molecular flexibility index (Phi) is 10.4. The van der Waals surface area contributed by atoms with Crippen molar-refractivity contribution in [1.29, 1.82) is 0 Å². The number of hydrogen-bond donors (Lipinski definition) is 1. The van der Waals surface area contributed by atoms with Gasteiger partial charge in [0.2, 0.25) is 5.91 Å². The normalized spacial score (nSPS) is 12.7. The molecular formula is C34H29F6N3O2. The minimum atomic E-state index is -5.13. The van der Waals surface area contributed by atoms with Crippen LogP contribution >= 0.6 is 0 Å². The molecule has 0 aliphatic heterocycles. The number of rotatable bonds is 10. The Labute approximate surface area is 256 Å². The molecule has 5 nitrogen and oxygen atoms in total. The molecule has 4 aromatic rings. The highest BCUT2D eigenvalue weighted by Gasteiger charge is 2.38. The maximum Gasteiger partial charge on any atom is 0.416 e. The van der Waals surface area contributed by atoms with Crippen molar-refractivity contribution in [3.05, 3.63) is 149 Å². The van der Waals surface area contributed by atoms with E-state index in [0.29, 0.717) is 29.7 Å². The van der Waals surface area contributed by atoms with E-state index < -0.39 is 52.8 Å². The van der Waals surface area contributed by atoms with E-state index in [1.165, 1.54) is 19.2 Å². The molecule has 2 amide bonds. The van der Waals surface area contributed by atoms with Gasteiger partial charge in [0.15, 0.2) is 0 Å². The van der Waals surface area contributed by atoms with Crippen LogP contribution in [0.5, 0.6) is 0 Å². The predicted octanol–water partition coefficient (Wildman–Crippen LogP) is 7.31. The molecule has 1 N–H and O–H groups in total. The standard InChI is InChI=1S/C34H29F6N3O2/c1-43(32(45)25-20-26(33(35,36)37)22-27(21-25)34(38,39)40)29(15-16-30(44)42-19-17-28-14-8-9-18-41-28)31(23-10-4-2-5-11-23)24-12-6-3-7-13-24/h2-16,18,20-22,29,31H,17,19H2,1H3,(H,42,44). The van der Waals surface area contributed by atoms with E-state index in [-0.39, 0.29) is 12.6 Å². The average Bonchev–Trinajstić information content (AvgIpc) is 3.02. The number of alkyl halides is 6. The molecule has 0 fully saturated rings. The van der Waals surface area contributed by atoms with Gasteiger partial charge in [-0.1, -0.05) is 72.8 Å².